The van der Waals surface area contributed by atoms with Gasteiger partial charge in [0.05, 0.1) is 12.2 Å². The van der Waals surface area contributed by atoms with E-state index in [0.29, 0.717) is 23.5 Å². The van der Waals surface area contributed by atoms with Crippen molar-refractivity contribution in [3.8, 4) is 0 Å². The largest absolute Gasteiger partial charge is 0.382 e. The Balaban J connectivity index is 1.57. The van der Waals surface area contributed by atoms with Gasteiger partial charge in [-0.1, -0.05) is 30.4 Å². The van der Waals surface area contributed by atoms with Gasteiger partial charge in [-0.05, 0) is 42.3 Å². The summed E-state index contributed by atoms with van der Waals surface area (Å²) in [6.07, 6.45) is 7.68. The first-order valence-electron chi connectivity index (χ1n) is 9.38. The molecule has 0 radical (unpaired) electrons. The molecule has 2 aliphatic rings. The smallest absolute Gasteiger partial charge is 0.328 e. The minimum atomic E-state index is -0.241. The average Bonchev–Trinajstić information content (AvgIpc) is 3.04. The zero-order valence-electron chi connectivity index (χ0n) is 15.3. The van der Waals surface area contributed by atoms with E-state index in [0.717, 1.165) is 37.2 Å². The van der Waals surface area contributed by atoms with Crippen LogP contribution in [0.1, 0.15) is 28.9 Å². The maximum absolute atomic E-state index is 12.6. The molecule has 5 rings (SSSR count). The number of anilines is 1. The molecule has 8 nitrogen and oxygen atoms in total. The molecule has 4 heterocycles. The van der Waals surface area contributed by atoms with Crippen LogP contribution in [0, 0.1) is 0 Å². The number of aromatic nitrogens is 4. The van der Waals surface area contributed by atoms with Crippen molar-refractivity contribution in [3.63, 3.8) is 0 Å². The summed E-state index contributed by atoms with van der Waals surface area (Å²) < 4.78 is 1.62. The van der Waals surface area contributed by atoms with Gasteiger partial charge in [-0.15, -0.1) is 0 Å². The highest BCUT2D eigenvalue weighted by Gasteiger charge is 2.17. The lowest BCUT2D eigenvalue weighted by molar-refractivity contribution is 0.641. The molecule has 0 amide bonds. The van der Waals surface area contributed by atoms with Crippen molar-refractivity contribution in [2.45, 2.75) is 25.9 Å². The number of rotatable bonds is 3. The van der Waals surface area contributed by atoms with Gasteiger partial charge in [0.2, 0.25) is 0 Å². The third-order valence-corrected chi connectivity index (χ3v) is 5.20. The molecule has 142 valence electrons. The van der Waals surface area contributed by atoms with E-state index in [1.807, 2.05) is 18.4 Å². The lowest BCUT2D eigenvalue weighted by atomic mass is 9.98. The fraction of sp³-hybridized carbons (Fsp3) is 0.250. The van der Waals surface area contributed by atoms with Crippen LogP contribution in [0.2, 0.25) is 0 Å². The molecule has 0 saturated carbocycles. The van der Waals surface area contributed by atoms with Crippen molar-refractivity contribution in [2.75, 3.05) is 12.3 Å². The number of dihydropyridines is 1. The first-order valence-corrected chi connectivity index (χ1v) is 9.38. The van der Waals surface area contributed by atoms with E-state index in [4.69, 9.17) is 5.73 Å². The summed E-state index contributed by atoms with van der Waals surface area (Å²) in [6.45, 7) is 2.29. The van der Waals surface area contributed by atoms with Gasteiger partial charge in [0.25, 0.3) is 0 Å². The van der Waals surface area contributed by atoms with Crippen molar-refractivity contribution in [3.05, 3.63) is 69.6 Å². The van der Waals surface area contributed by atoms with E-state index in [1.54, 1.807) is 4.57 Å². The number of hydrogen-bond acceptors (Lipinski definition) is 6. The number of aromatic amines is 1. The summed E-state index contributed by atoms with van der Waals surface area (Å²) in [7, 11) is 0. The number of nitrogen functional groups attached to an aromatic ring is 1. The maximum Gasteiger partial charge on any atom is 0.328 e. The number of H-pyrrole nitrogens is 1. The van der Waals surface area contributed by atoms with Crippen LogP contribution in [0.3, 0.4) is 0 Å². The first-order chi connectivity index (χ1) is 13.7. The third-order valence-electron chi connectivity index (χ3n) is 5.20. The van der Waals surface area contributed by atoms with Crippen molar-refractivity contribution in [1.29, 1.82) is 0 Å². The fourth-order valence-corrected chi connectivity index (χ4v) is 3.75. The molecule has 0 atom stereocenters. The number of fused-ring (bicyclic) bond motifs is 2. The number of imidazole rings is 1. The SMILES string of the molecule is Nc1nc(C2=CCC=CN2)nc2c1[nH]c(=O)n2Cc1ccc2c(c1)CNCC2. The molecule has 28 heavy (non-hydrogen) atoms. The Morgan fingerprint density at radius 2 is 2.14 bits per heavy atom. The molecule has 0 saturated heterocycles. The zero-order chi connectivity index (χ0) is 19.1. The molecule has 0 aliphatic carbocycles. The summed E-state index contributed by atoms with van der Waals surface area (Å²) in [4.78, 5) is 24.4. The summed E-state index contributed by atoms with van der Waals surface area (Å²) in [5, 5.41) is 6.52. The average molecular weight is 375 g/mol. The monoisotopic (exact) mass is 375 g/mol. The van der Waals surface area contributed by atoms with Gasteiger partial charge in [0.1, 0.15) is 5.52 Å². The number of nitrogens with zero attached hydrogens (tertiary/aromatic N) is 3. The second kappa shape index (κ2) is 6.65. The predicted molar refractivity (Wildman–Crippen MR) is 108 cm³/mol. The number of hydrogen-bond donors (Lipinski definition) is 4. The van der Waals surface area contributed by atoms with Crippen LogP contribution in [-0.4, -0.2) is 26.1 Å². The van der Waals surface area contributed by atoms with Gasteiger partial charge in [-0.25, -0.2) is 14.8 Å². The normalized spacial score (nSPS) is 15.9. The minimum absolute atomic E-state index is 0.241. The van der Waals surface area contributed by atoms with Crippen LogP contribution in [0.25, 0.3) is 16.9 Å². The molecule has 0 bridgehead atoms. The Hall–Kier alpha value is -3.39. The molecule has 1 aromatic carbocycles. The standard InChI is InChI=1S/C20H21N7O/c21-17-16-19(26-18(25-17)15-3-1-2-7-23-15)27(20(28)24-16)11-12-4-5-13-6-8-22-10-14(13)9-12/h2-5,7,9,22-23H,1,6,8,10-11H2,(H,24,28)(H2,21,25,26). The number of allylic oxidation sites excluding steroid dienone is 2. The Labute approximate surface area is 161 Å². The second-order valence-corrected chi connectivity index (χ2v) is 7.08. The van der Waals surface area contributed by atoms with Gasteiger partial charge in [-0.2, -0.15) is 0 Å². The van der Waals surface area contributed by atoms with E-state index in [2.05, 4.69) is 43.8 Å². The predicted octanol–water partition coefficient (Wildman–Crippen LogP) is 1.24. The van der Waals surface area contributed by atoms with Crippen LogP contribution in [0.15, 0.2) is 41.3 Å². The number of nitrogens with two attached hydrogens (primary N) is 1. The van der Waals surface area contributed by atoms with Crippen molar-refractivity contribution < 1.29 is 0 Å². The van der Waals surface area contributed by atoms with E-state index < -0.39 is 0 Å². The minimum Gasteiger partial charge on any atom is -0.382 e. The van der Waals surface area contributed by atoms with Gasteiger partial charge in [0.15, 0.2) is 17.3 Å². The highest BCUT2D eigenvalue weighted by Crippen LogP contribution is 2.21. The maximum atomic E-state index is 12.6. The molecule has 5 N–H and O–H groups in total. The quantitative estimate of drug-likeness (QED) is 0.548. The van der Waals surface area contributed by atoms with Crippen LogP contribution in [0.4, 0.5) is 5.82 Å². The van der Waals surface area contributed by atoms with Gasteiger partial charge in [0, 0.05) is 6.54 Å². The summed E-state index contributed by atoms with van der Waals surface area (Å²) in [6, 6.07) is 6.40. The zero-order valence-corrected chi connectivity index (χ0v) is 15.3. The lowest BCUT2D eigenvalue weighted by Gasteiger charge is -2.18. The first kappa shape index (κ1) is 16.8. The van der Waals surface area contributed by atoms with Crippen LogP contribution in [0.5, 0.6) is 0 Å². The summed E-state index contributed by atoms with van der Waals surface area (Å²) in [5.41, 5.74) is 11.4. The van der Waals surface area contributed by atoms with Crippen molar-refractivity contribution in [2.24, 2.45) is 0 Å². The van der Waals surface area contributed by atoms with E-state index in [9.17, 15) is 4.79 Å². The Morgan fingerprint density at radius 1 is 1.21 bits per heavy atom. The van der Waals surface area contributed by atoms with Crippen LogP contribution < -0.4 is 22.1 Å². The molecular formula is C20H21N7O. The summed E-state index contributed by atoms with van der Waals surface area (Å²) >= 11 is 0. The number of benzene rings is 1. The molecular weight excluding hydrogens is 354 g/mol. The second-order valence-electron chi connectivity index (χ2n) is 7.08. The molecule has 3 aromatic rings. The molecule has 2 aromatic heterocycles. The molecule has 0 unspecified atom stereocenters. The molecule has 8 heteroatoms. The van der Waals surface area contributed by atoms with Gasteiger partial charge < -0.3 is 21.4 Å². The Bertz CT molecular complexity index is 1190. The highest BCUT2D eigenvalue weighted by molar-refractivity contribution is 5.83. The fourth-order valence-electron chi connectivity index (χ4n) is 3.75. The molecule has 0 fully saturated rings. The molecule has 2 aliphatic heterocycles. The number of nitrogens with one attached hydrogen (secondary N) is 3. The third kappa shape index (κ3) is 2.87. The van der Waals surface area contributed by atoms with Crippen LogP contribution >= 0.6 is 0 Å². The van der Waals surface area contributed by atoms with E-state index in [-0.39, 0.29) is 11.5 Å². The van der Waals surface area contributed by atoms with Gasteiger partial charge >= 0.3 is 5.69 Å². The van der Waals surface area contributed by atoms with E-state index in [1.165, 1.54) is 11.1 Å². The van der Waals surface area contributed by atoms with Crippen molar-refractivity contribution >= 4 is 22.7 Å². The van der Waals surface area contributed by atoms with Gasteiger partial charge in [-0.3, -0.25) is 4.57 Å². The Morgan fingerprint density at radius 3 is 3.00 bits per heavy atom. The van der Waals surface area contributed by atoms with Crippen molar-refractivity contribution in [1.82, 2.24) is 30.2 Å². The highest BCUT2D eigenvalue weighted by atomic mass is 16.1. The topological polar surface area (TPSA) is 114 Å². The summed E-state index contributed by atoms with van der Waals surface area (Å²) in [5.74, 6) is 0.750. The Kier molecular flexibility index (Phi) is 3.98. The molecule has 0 spiro atoms. The van der Waals surface area contributed by atoms with E-state index >= 15 is 0 Å². The van der Waals surface area contributed by atoms with Crippen LogP contribution in [-0.2, 0) is 19.5 Å². The lowest BCUT2D eigenvalue weighted by Crippen LogP contribution is -2.24.